The van der Waals surface area contributed by atoms with Gasteiger partial charge in [0.25, 0.3) is 0 Å². The zero-order chi connectivity index (χ0) is 26.7. The summed E-state index contributed by atoms with van der Waals surface area (Å²) in [5.41, 5.74) is 7.43. The molecule has 40 heavy (non-hydrogen) atoms. The summed E-state index contributed by atoms with van der Waals surface area (Å²) in [6.45, 7) is 2.85. The number of aromatic nitrogens is 2. The number of nitrogens with zero attached hydrogens (tertiary/aromatic N) is 2. The van der Waals surface area contributed by atoms with Crippen LogP contribution in [0.4, 0.5) is 0 Å². The van der Waals surface area contributed by atoms with E-state index in [1.807, 2.05) is 36.5 Å². The number of carbonyl (C=O) groups is 1. The average molecular weight is 700 g/mol. The van der Waals surface area contributed by atoms with E-state index in [4.69, 9.17) is 9.52 Å². The molecular weight excluding hydrogens is 677 g/mol. The van der Waals surface area contributed by atoms with Crippen LogP contribution in [0.3, 0.4) is 0 Å². The van der Waals surface area contributed by atoms with Gasteiger partial charge in [0.1, 0.15) is 11.2 Å². The van der Waals surface area contributed by atoms with Crippen molar-refractivity contribution in [2.75, 3.05) is 0 Å². The first kappa shape index (κ1) is 25.8. The number of hydrogen-bond acceptors (Lipinski definition) is 4. The van der Waals surface area contributed by atoms with Gasteiger partial charge in [0.15, 0.2) is 5.78 Å². The van der Waals surface area contributed by atoms with Crippen molar-refractivity contribution >= 4 is 65.8 Å². The third kappa shape index (κ3) is 3.96. The number of aliphatic hydroxyl groups is 1. The van der Waals surface area contributed by atoms with Crippen LogP contribution in [0.2, 0.25) is 0 Å². The first-order chi connectivity index (χ1) is 19.0. The van der Waals surface area contributed by atoms with E-state index >= 15 is 0 Å². The Morgan fingerprint density at radius 1 is 0.850 bits per heavy atom. The molecule has 8 rings (SSSR count). The van der Waals surface area contributed by atoms with Crippen molar-refractivity contribution in [2.45, 2.75) is 13.8 Å². The Bertz CT molecular complexity index is 2220. The quantitative estimate of drug-likeness (QED) is 0.112. The summed E-state index contributed by atoms with van der Waals surface area (Å²) in [4.78, 5) is 14.5. The summed E-state index contributed by atoms with van der Waals surface area (Å²) in [6, 6.07) is 33.0. The van der Waals surface area contributed by atoms with Gasteiger partial charge in [-0.15, -0.1) is 23.8 Å². The van der Waals surface area contributed by atoms with Crippen LogP contribution in [-0.4, -0.2) is 20.3 Å². The molecule has 0 aliphatic rings. The number of carbonyl (C=O) groups excluding carboxylic acids is 1. The van der Waals surface area contributed by atoms with Crippen molar-refractivity contribution in [1.82, 2.24) is 9.38 Å². The smallest absolute Gasteiger partial charge is 0.155 e. The summed E-state index contributed by atoms with van der Waals surface area (Å²) in [6.07, 6.45) is 2.99. The zero-order valence-electron chi connectivity index (χ0n) is 21.7. The second kappa shape index (κ2) is 9.91. The van der Waals surface area contributed by atoms with Crippen molar-refractivity contribution in [3.8, 4) is 11.3 Å². The van der Waals surface area contributed by atoms with E-state index in [1.54, 1.807) is 0 Å². The number of para-hydroxylation sites is 2. The maximum absolute atomic E-state index is 10.0. The van der Waals surface area contributed by atoms with Crippen molar-refractivity contribution in [3.05, 3.63) is 109 Å². The van der Waals surface area contributed by atoms with Crippen LogP contribution in [0.1, 0.15) is 13.8 Å². The Kier molecular flexibility index (Phi) is 6.38. The summed E-state index contributed by atoms with van der Waals surface area (Å²) < 4.78 is 8.56. The fraction of sp³-hybridized carbons (Fsp3) is 0.0588. The van der Waals surface area contributed by atoms with Crippen LogP contribution >= 0.6 is 0 Å². The van der Waals surface area contributed by atoms with Crippen molar-refractivity contribution in [2.24, 2.45) is 0 Å². The second-order valence-corrected chi connectivity index (χ2v) is 9.73. The van der Waals surface area contributed by atoms with Gasteiger partial charge < -0.3 is 18.9 Å². The summed E-state index contributed by atoms with van der Waals surface area (Å²) >= 11 is 0. The van der Waals surface area contributed by atoms with E-state index in [-0.39, 0.29) is 31.6 Å². The maximum atomic E-state index is 10.0. The molecule has 6 heteroatoms. The molecule has 0 aliphatic carbocycles. The van der Waals surface area contributed by atoms with Gasteiger partial charge in [-0.05, 0) is 54.7 Å². The molecule has 0 saturated carbocycles. The molecule has 5 nitrogen and oxygen atoms in total. The van der Waals surface area contributed by atoms with Gasteiger partial charge in [-0.2, -0.15) is 0 Å². The molecular formula is C34H23IrN2O3-. The maximum Gasteiger partial charge on any atom is 0.155 e. The molecule has 0 bridgehead atoms. The molecule has 1 N–H and O–H groups in total. The number of furan rings is 1. The zero-order valence-corrected chi connectivity index (χ0v) is 24.1. The predicted octanol–water partition coefficient (Wildman–Crippen LogP) is 8.63. The number of aliphatic hydroxyl groups excluding tert-OH is 1. The topological polar surface area (TPSA) is 67.7 Å². The van der Waals surface area contributed by atoms with Gasteiger partial charge in [0.05, 0.1) is 11.3 Å². The van der Waals surface area contributed by atoms with Crippen LogP contribution in [0, 0.1) is 6.07 Å². The monoisotopic (exact) mass is 700 g/mol. The molecule has 0 saturated heterocycles. The van der Waals surface area contributed by atoms with Gasteiger partial charge in [-0.3, -0.25) is 4.79 Å². The number of benzene rings is 4. The van der Waals surface area contributed by atoms with Gasteiger partial charge in [-0.1, -0.05) is 53.9 Å². The van der Waals surface area contributed by atoms with Crippen LogP contribution in [0.25, 0.3) is 71.3 Å². The Balaban J connectivity index is 0.000000325. The van der Waals surface area contributed by atoms with Gasteiger partial charge in [-0.25, -0.2) is 0 Å². The van der Waals surface area contributed by atoms with E-state index in [0.29, 0.717) is 0 Å². The minimum atomic E-state index is -0.125. The fourth-order valence-electron chi connectivity index (χ4n) is 5.69. The SMILES string of the molecule is CC(=O)/C=C(/C)O.[Ir].[c-]1cc2c(cc1-c1ccccn1)c1cccc3c4c5c(ccc4n2c13)oc1ccccc15. The molecule has 0 fully saturated rings. The largest absolute Gasteiger partial charge is 0.512 e. The molecule has 0 amide bonds. The molecule has 4 aromatic heterocycles. The minimum absolute atomic E-state index is 0. The number of pyridine rings is 1. The first-order valence-electron chi connectivity index (χ1n) is 12.7. The van der Waals surface area contributed by atoms with Crippen molar-refractivity contribution in [1.29, 1.82) is 0 Å². The molecule has 4 heterocycles. The number of rotatable bonds is 2. The Morgan fingerprint density at radius 3 is 2.38 bits per heavy atom. The van der Waals surface area contributed by atoms with Crippen LogP contribution in [0.15, 0.2) is 107 Å². The fourth-order valence-corrected chi connectivity index (χ4v) is 5.69. The van der Waals surface area contributed by atoms with E-state index in [0.717, 1.165) is 33.3 Å². The Labute approximate surface area is 243 Å². The number of ketones is 1. The van der Waals surface area contributed by atoms with E-state index < -0.39 is 0 Å². The molecule has 0 atom stereocenters. The van der Waals surface area contributed by atoms with Crippen molar-refractivity contribution < 1.29 is 34.4 Å². The number of allylic oxidation sites excluding steroid dienone is 2. The standard InChI is InChI=1S/C29H15N2O.C5H8O2.Ir/c1-2-10-25-19(6-1)28-26(32-25)14-13-24-27(28)20-8-5-7-18-21-16-17(22-9-3-4-15-30-22)11-12-23(21)31(24)29(18)20;1-4(6)3-5(2)7;/h1-10,12-16H;3,6H,1-2H3;/q-1;;/b;4-3-;. The van der Waals surface area contributed by atoms with Gasteiger partial charge in [0.2, 0.25) is 0 Å². The average Bonchev–Trinajstić information content (AvgIpc) is 3.59. The van der Waals surface area contributed by atoms with Crippen LogP contribution in [0.5, 0.6) is 0 Å². The normalized spacial score (nSPS) is 11.9. The third-order valence-corrected chi connectivity index (χ3v) is 7.10. The Hall–Kier alpha value is -4.51. The molecule has 1 radical (unpaired) electrons. The first-order valence-corrected chi connectivity index (χ1v) is 12.7. The molecule has 0 aliphatic heterocycles. The number of fused-ring (bicyclic) bond motifs is 10. The van der Waals surface area contributed by atoms with E-state index in [9.17, 15) is 4.79 Å². The third-order valence-electron chi connectivity index (χ3n) is 7.10. The van der Waals surface area contributed by atoms with Crippen LogP contribution < -0.4 is 0 Å². The van der Waals surface area contributed by atoms with Gasteiger partial charge >= 0.3 is 0 Å². The second-order valence-electron chi connectivity index (χ2n) is 9.73. The van der Waals surface area contributed by atoms with E-state index in [1.165, 1.54) is 57.9 Å². The van der Waals surface area contributed by atoms with Crippen molar-refractivity contribution in [3.63, 3.8) is 0 Å². The molecule has 197 valence electrons. The molecule has 0 unspecified atom stereocenters. The Morgan fingerprint density at radius 2 is 1.62 bits per heavy atom. The van der Waals surface area contributed by atoms with Crippen LogP contribution in [-0.2, 0) is 24.9 Å². The summed E-state index contributed by atoms with van der Waals surface area (Å²) in [5, 5.41) is 15.7. The predicted molar refractivity (Wildman–Crippen MR) is 158 cm³/mol. The van der Waals surface area contributed by atoms with Gasteiger partial charge in [0, 0.05) is 59.4 Å². The molecule has 4 aromatic carbocycles. The summed E-state index contributed by atoms with van der Waals surface area (Å²) in [7, 11) is 0. The molecule has 8 aromatic rings. The minimum Gasteiger partial charge on any atom is -0.512 e. The molecule has 0 spiro atoms. The summed E-state index contributed by atoms with van der Waals surface area (Å²) in [5.74, 6) is -0.0625. The van der Waals surface area contributed by atoms with E-state index in [2.05, 4.69) is 70.0 Å². The number of hydrogen-bond donors (Lipinski definition) is 1.